The van der Waals surface area contributed by atoms with E-state index in [0.29, 0.717) is 0 Å². The first-order valence-electron chi connectivity index (χ1n) is 4.45. The third kappa shape index (κ3) is 2.22. The second kappa shape index (κ2) is 4.35. The number of aromatic hydroxyl groups is 3. The van der Waals surface area contributed by atoms with E-state index in [1.54, 1.807) is 0 Å². The largest absolute Gasteiger partial charge is 0.504 e. The van der Waals surface area contributed by atoms with Gasteiger partial charge in [0.05, 0.1) is 6.21 Å². The molecule has 0 aliphatic heterocycles. The third-order valence-electron chi connectivity index (χ3n) is 1.87. The lowest BCUT2D eigenvalue weighted by molar-refractivity contribution is 0.367. The molecule has 0 aliphatic carbocycles. The number of benzene rings is 1. The number of anilines is 1. The van der Waals surface area contributed by atoms with Crippen LogP contribution < -0.4 is 5.43 Å². The Kier molecular flexibility index (Phi) is 2.73. The number of hydrazone groups is 1. The number of rotatable bonds is 3. The quantitative estimate of drug-likeness (QED) is 0.281. The van der Waals surface area contributed by atoms with Gasteiger partial charge in [-0.3, -0.25) is 0 Å². The van der Waals surface area contributed by atoms with Crippen LogP contribution in [0.2, 0.25) is 0 Å². The van der Waals surface area contributed by atoms with Crippen molar-refractivity contribution in [3.05, 3.63) is 17.7 Å². The number of H-pyrrole nitrogens is 1. The van der Waals surface area contributed by atoms with Crippen LogP contribution >= 0.6 is 0 Å². The van der Waals surface area contributed by atoms with Crippen molar-refractivity contribution in [2.45, 2.75) is 0 Å². The van der Waals surface area contributed by atoms with Crippen LogP contribution in [0.4, 0.5) is 5.95 Å². The van der Waals surface area contributed by atoms with Crippen molar-refractivity contribution < 1.29 is 15.3 Å². The van der Waals surface area contributed by atoms with Crippen LogP contribution in [0.5, 0.6) is 17.2 Å². The standard InChI is InChI=1S/C8H8N6O3/c15-5-2-1-4(6(16)7(5)17)3-9-10-8-11-13-14-12-8/h1-3,15-17H,(H2,10,11,12,13,14). The Morgan fingerprint density at radius 2 is 2.06 bits per heavy atom. The minimum atomic E-state index is -0.603. The number of tetrazole rings is 1. The van der Waals surface area contributed by atoms with Gasteiger partial charge in [0, 0.05) is 5.56 Å². The molecule has 88 valence electrons. The Bertz CT molecular complexity index is 538. The Hall–Kier alpha value is -2.84. The highest BCUT2D eigenvalue weighted by Crippen LogP contribution is 2.36. The molecule has 5 N–H and O–H groups in total. The average molecular weight is 236 g/mol. The van der Waals surface area contributed by atoms with Crippen molar-refractivity contribution in [1.29, 1.82) is 0 Å². The zero-order valence-electron chi connectivity index (χ0n) is 8.36. The highest BCUT2D eigenvalue weighted by Gasteiger charge is 2.09. The van der Waals surface area contributed by atoms with Gasteiger partial charge in [-0.1, -0.05) is 5.10 Å². The first kappa shape index (κ1) is 10.7. The summed E-state index contributed by atoms with van der Waals surface area (Å²) in [6.07, 6.45) is 1.23. The van der Waals surface area contributed by atoms with Crippen molar-refractivity contribution in [1.82, 2.24) is 20.6 Å². The number of hydrogen-bond donors (Lipinski definition) is 5. The molecule has 1 aromatic heterocycles. The first-order valence-corrected chi connectivity index (χ1v) is 4.45. The van der Waals surface area contributed by atoms with E-state index in [-0.39, 0.29) is 11.5 Å². The summed E-state index contributed by atoms with van der Waals surface area (Å²) in [5.41, 5.74) is 2.65. The molecule has 0 saturated carbocycles. The molecule has 1 heterocycles. The summed E-state index contributed by atoms with van der Waals surface area (Å²) in [6, 6.07) is 2.61. The van der Waals surface area contributed by atoms with Crippen LogP contribution in [0, 0.1) is 0 Å². The molecule has 0 aliphatic rings. The molecule has 9 heteroatoms. The van der Waals surface area contributed by atoms with Gasteiger partial charge in [0.1, 0.15) is 0 Å². The van der Waals surface area contributed by atoms with Gasteiger partial charge in [0.2, 0.25) is 5.75 Å². The van der Waals surface area contributed by atoms with Crippen molar-refractivity contribution in [2.24, 2.45) is 5.10 Å². The van der Waals surface area contributed by atoms with Crippen LogP contribution in [0.25, 0.3) is 0 Å². The van der Waals surface area contributed by atoms with E-state index < -0.39 is 17.2 Å². The number of aromatic nitrogens is 4. The van der Waals surface area contributed by atoms with Gasteiger partial charge in [-0.25, -0.2) is 5.43 Å². The van der Waals surface area contributed by atoms with Crippen LogP contribution in [-0.2, 0) is 0 Å². The fraction of sp³-hybridized carbons (Fsp3) is 0. The predicted octanol–water partition coefficient (Wildman–Crippen LogP) is -0.238. The van der Waals surface area contributed by atoms with E-state index in [4.69, 9.17) is 5.11 Å². The molecule has 0 unspecified atom stereocenters. The van der Waals surface area contributed by atoms with Crippen LogP contribution in [-0.4, -0.2) is 42.2 Å². The lowest BCUT2D eigenvalue weighted by atomic mass is 10.2. The molecule has 0 radical (unpaired) electrons. The maximum Gasteiger partial charge on any atom is 0.283 e. The van der Waals surface area contributed by atoms with Crippen LogP contribution in [0.3, 0.4) is 0 Å². The Morgan fingerprint density at radius 1 is 1.24 bits per heavy atom. The molecular formula is C8H8N6O3. The second-order valence-corrected chi connectivity index (χ2v) is 2.98. The van der Waals surface area contributed by atoms with Gasteiger partial charge in [-0.2, -0.15) is 10.3 Å². The van der Waals surface area contributed by atoms with Crippen molar-refractivity contribution in [3.8, 4) is 17.2 Å². The van der Waals surface area contributed by atoms with Gasteiger partial charge in [-0.05, 0) is 17.3 Å². The topological polar surface area (TPSA) is 140 Å². The molecule has 17 heavy (non-hydrogen) atoms. The summed E-state index contributed by atoms with van der Waals surface area (Å²) in [4.78, 5) is 0. The maximum absolute atomic E-state index is 9.46. The summed E-state index contributed by atoms with van der Waals surface area (Å²) in [5, 5.41) is 44.2. The number of nitrogens with zero attached hydrogens (tertiary/aromatic N) is 4. The molecule has 9 nitrogen and oxygen atoms in total. The minimum absolute atomic E-state index is 0.156. The summed E-state index contributed by atoms with van der Waals surface area (Å²) in [7, 11) is 0. The summed E-state index contributed by atoms with van der Waals surface area (Å²) in [6.45, 7) is 0. The zero-order chi connectivity index (χ0) is 12.3. The van der Waals surface area contributed by atoms with E-state index >= 15 is 0 Å². The molecule has 0 saturated heterocycles. The zero-order valence-corrected chi connectivity index (χ0v) is 8.36. The Labute approximate surface area is 94.4 Å². The smallest absolute Gasteiger partial charge is 0.283 e. The van der Waals surface area contributed by atoms with Gasteiger partial charge in [0.15, 0.2) is 11.5 Å². The molecule has 0 spiro atoms. The average Bonchev–Trinajstić information content (AvgIpc) is 2.82. The SMILES string of the molecule is Oc1ccc(C=NNc2nn[nH]n2)c(O)c1O. The summed E-state index contributed by atoms with van der Waals surface area (Å²) in [5.74, 6) is -1.33. The van der Waals surface area contributed by atoms with Gasteiger partial charge in [-0.15, -0.1) is 5.10 Å². The molecule has 0 atom stereocenters. The van der Waals surface area contributed by atoms with Crippen molar-refractivity contribution >= 4 is 12.2 Å². The van der Waals surface area contributed by atoms with Gasteiger partial charge in [0.25, 0.3) is 5.95 Å². The number of nitrogens with one attached hydrogen (secondary N) is 2. The van der Waals surface area contributed by atoms with Gasteiger partial charge >= 0.3 is 0 Å². The van der Waals surface area contributed by atoms with E-state index in [9.17, 15) is 10.2 Å². The first-order chi connectivity index (χ1) is 8.18. The van der Waals surface area contributed by atoms with Gasteiger partial charge < -0.3 is 15.3 Å². The van der Waals surface area contributed by atoms with Crippen molar-refractivity contribution in [3.63, 3.8) is 0 Å². The number of phenols is 3. The molecule has 2 aromatic rings. The minimum Gasteiger partial charge on any atom is -0.504 e. The predicted molar refractivity (Wildman–Crippen MR) is 56.8 cm³/mol. The number of aromatic amines is 1. The lowest BCUT2D eigenvalue weighted by Crippen LogP contribution is -1.93. The second-order valence-electron chi connectivity index (χ2n) is 2.98. The normalized spacial score (nSPS) is 10.8. The maximum atomic E-state index is 9.46. The fourth-order valence-electron chi connectivity index (χ4n) is 1.06. The lowest BCUT2D eigenvalue weighted by Gasteiger charge is -2.02. The molecular weight excluding hydrogens is 228 g/mol. The monoisotopic (exact) mass is 236 g/mol. The summed E-state index contributed by atoms with van der Waals surface area (Å²) >= 11 is 0. The number of phenolic OH excluding ortho intramolecular Hbond substituents is 3. The van der Waals surface area contributed by atoms with Crippen LogP contribution in [0.15, 0.2) is 17.2 Å². The Balaban J connectivity index is 2.14. The van der Waals surface area contributed by atoms with E-state index in [1.807, 2.05) is 0 Å². The highest BCUT2D eigenvalue weighted by atomic mass is 16.3. The van der Waals surface area contributed by atoms with Crippen molar-refractivity contribution in [2.75, 3.05) is 5.43 Å². The number of hydrogen-bond acceptors (Lipinski definition) is 8. The fourth-order valence-corrected chi connectivity index (χ4v) is 1.06. The molecule has 0 bridgehead atoms. The molecule has 1 aromatic carbocycles. The van der Waals surface area contributed by atoms with E-state index in [0.717, 1.165) is 0 Å². The molecule has 0 fully saturated rings. The van der Waals surface area contributed by atoms with E-state index in [1.165, 1.54) is 18.3 Å². The Morgan fingerprint density at radius 3 is 2.76 bits per heavy atom. The molecule has 0 amide bonds. The summed E-state index contributed by atoms with van der Waals surface area (Å²) < 4.78 is 0. The molecule has 2 rings (SSSR count). The van der Waals surface area contributed by atoms with Crippen LogP contribution in [0.1, 0.15) is 5.56 Å². The third-order valence-corrected chi connectivity index (χ3v) is 1.87. The highest BCUT2D eigenvalue weighted by molar-refractivity contribution is 5.85. The van der Waals surface area contributed by atoms with E-state index in [2.05, 4.69) is 31.2 Å².